The topological polar surface area (TPSA) is 70.1 Å². The molecule has 1 heterocycles. The number of nitrogens with zero attached hydrogens (tertiary/aromatic N) is 2. The number of aromatic amines is 1. The van der Waals surface area contributed by atoms with Crippen molar-refractivity contribution in [3.05, 3.63) is 89.1 Å². The third-order valence-electron chi connectivity index (χ3n) is 4.12. The fourth-order valence-corrected chi connectivity index (χ4v) is 2.84. The van der Waals surface area contributed by atoms with Crippen molar-refractivity contribution < 1.29 is 4.79 Å². The molecule has 0 atom stereocenters. The summed E-state index contributed by atoms with van der Waals surface area (Å²) < 4.78 is 0. The van der Waals surface area contributed by atoms with Gasteiger partial charge in [0.15, 0.2) is 0 Å². The second-order valence-corrected chi connectivity index (χ2v) is 6.42. The molecule has 0 saturated carbocycles. The Morgan fingerprint density at radius 1 is 1.00 bits per heavy atom. The summed E-state index contributed by atoms with van der Waals surface area (Å²) in [5, 5.41) is 13.9. The number of hydrogen-bond donors (Lipinski definition) is 2. The smallest absolute Gasteiger partial charge is 0.272 e. The minimum Gasteiger partial charge on any atom is -0.272 e. The Morgan fingerprint density at radius 2 is 1.78 bits per heavy atom. The fraction of sp³-hybridized carbons (Fsp3) is 0. The van der Waals surface area contributed by atoms with Gasteiger partial charge in [0, 0.05) is 10.6 Å². The summed E-state index contributed by atoms with van der Waals surface area (Å²) in [6.45, 7) is 0. The normalized spacial score (nSPS) is 11.1. The van der Waals surface area contributed by atoms with Crippen molar-refractivity contribution in [1.82, 2.24) is 15.6 Å². The zero-order valence-electron chi connectivity index (χ0n) is 14.2. The van der Waals surface area contributed by atoms with Crippen molar-refractivity contribution in [2.24, 2.45) is 5.10 Å². The molecule has 0 aliphatic rings. The van der Waals surface area contributed by atoms with Crippen LogP contribution in [0.5, 0.6) is 0 Å². The van der Waals surface area contributed by atoms with Crippen molar-refractivity contribution in [3.8, 4) is 11.3 Å². The zero-order valence-corrected chi connectivity index (χ0v) is 14.9. The van der Waals surface area contributed by atoms with Crippen molar-refractivity contribution >= 4 is 34.5 Å². The van der Waals surface area contributed by atoms with Gasteiger partial charge in [0.25, 0.3) is 5.91 Å². The van der Waals surface area contributed by atoms with Crippen molar-refractivity contribution in [1.29, 1.82) is 0 Å². The highest BCUT2D eigenvalue weighted by Crippen LogP contribution is 2.23. The van der Waals surface area contributed by atoms with Crippen LogP contribution in [0.4, 0.5) is 0 Å². The molecule has 0 aliphatic heterocycles. The Balaban J connectivity index is 1.47. The molecule has 4 aromatic rings. The van der Waals surface area contributed by atoms with Gasteiger partial charge in [-0.15, -0.1) is 0 Å². The summed E-state index contributed by atoms with van der Waals surface area (Å²) in [6, 6.07) is 23.0. The molecular formula is C21H15ClN4O. The average Bonchev–Trinajstić information content (AvgIpc) is 3.19. The molecule has 0 unspecified atom stereocenters. The lowest BCUT2D eigenvalue weighted by atomic mass is 10.1. The van der Waals surface area contributed by atoms with Crippen LogP contribution >= 0.6 is 11.6 Å². The van der Waals surface area contributed by atoms with E-state index >= 15 is 0 Å². The number of hydrazone groups is 1. The van der Waals surface area contributed by atoms with Crippen molar-refractivity contribution in [3.63, 3.8) is 0 Å². The van der Waals surface area contributed by atoms with E-state index in [1.807, 2.05) is 48.5 Å². The summed E-state index contributed by atoms with van der Waals surface area (Å²) >= 11 is 5.84. The number of halogens is 1. The molecule has 4 rings (SSSR count). The van der Waals surface area contributed by atoms with E-state index in [0.29, 0.717) is 16.4 Å². The standard InChI is InChI=1S/C21H15ClN4O/c22-18-9-5-14(6-10-18)13-23-26-21(27)20-12-19(24-25-20)17-8-7-15-3-1-2-4-16(15)11-17/h1-13H,(H,24,25)(H,26,27). The van der Waals surface area contributed by atoms with Crippen LogP contribution in [0.2, 0.25) is 5.02 Å². The van der Waals surface area contributed by atoms with Gasteiger partial charge in [-0.1, -0.05) is 60.1 Å². The molecule has 2 N–H and O–H groups in total. The predicted octanol–water partition coefficient (Wildman–Crippen LogP) is 4.65. The number of amides is 1. The second-order valence-electron chi connectivity index (χ2n) is 5.98. The summed E-state index contributed by atoms with van der Waals surface area (Å²) in [4.78, 5) is 12.2. The zero-order chi connectivity index (χ0) is 18.6. The number of benzene rings is 3. The van der Waals surface area contributed by atoms with Crippen LogP contribution in [0, 0.1) is 0 Å². The van der Waals surface area contributed by atoms with E-state index in [1.54, 1.807) is 24.4 Å². The van der Waals surface area contributed by atoms with Crippen LogP contribution in [0.3, 0.4) is 0 Å². The predicted molar refractivity (Wildman–Crippen MR) is 108 cm³/mol. The molecule has 3 aromatic carbocycles. The lowest BCUT2D eigenvalue weighted by Gasteiger charge is -2.00. The fourth-order valence-electron chi connectivity index (χ4n) is 2.71. The van der Waals surface area contributed by atoms with E-state index in [4.69, 9.17) is 11.6 Å². The van der Waals surface area contributed by atoms with Gasteiger partial charge in [0.2, 0.25) is 0 Å². The first kappa shape index (κ1) is 17.0. The number of carbonyl (C=O) groups is 1. The van der Waals surface area contributed by atoms with Gasteiger partial charge >= 0.3 is 0 Å². The summed E-state index contributed by atoms with van der Waals surface area (Å²) in [7, 11) is 0. The molecule has 5 nitrogen and oxygen atoms in total. The number of fused-ring (bicyclic) bond motifs is 1. The highest BCUT2D eigenvalue weighted by atomic mass is 35.5. The van der Waals surface area contributed by atoms with Crippen LogP contribution in [0.25, 0.3) is 22.0 Å². The van der Waals surface area contributed by atoms with Gasteiger partial charge in [-0.2, -0.15) is 10.2 Å². The quantitative estimate of drug-likeness (QED) is 0.403. The van der Waals surface area contributed by atoms with Crippen LogP contribution in [-0.4, -0.2) is 22.3 Å². The maximum absolute atomic E-state index is 12.2. The molecule has 0 aliphatic carbocycles. The van der Waals surface area contributed by atoms with Gasteiger partial charge in [-0.25, -0.2) is 5.43 Å². The Morgan fingerprint density at radius 3 is 2.59 bits per heavy atom. The van der Waals surface area contributed by atoms with Crippen molar-refractivity contribution in [2.45, 2.75) is 0 Å². The van der Waals surface area contributed by atoms with Gasteiger partial charge < -0.3 is 0 Å². The third-order valence-corrected chi connectivity index (χ3v) is 4.37. The number of rotatable bonds is 4. The van der Waals surface area contributed by atoms with Gasteiger partial charge in [0.05, 0.1) is 11.9 Å². The molecule has 1 amide bonds. The number of nitrogens with one attached hydrogen (secondary N) is 2. The molecular weight excluding hydrogens is 360 g/mol. The molecule has 0 spiro atoms. The van der Waals surface area contributed by atoms with E-state index in [1.165, 1.54) is 0 Å². The van der Waals surface area contributed by atoms with Gasteiger partial charge in [-0.3, -0.25) is 9.89 Å². The average molecular weight is 375 g/mol. The van der Waals surface area contributed by atoms with Crippen LogP contribution in [0.1, 0.15) is 16.1 Å². The molecule has 1 aromatic heterocycles. The maximum atomic E-state index is 12.2. The highest BCUT2D eigenvalue weighted by Gasteiger charge is 2.10. The maximum Gasteiger partial charge on any atom is 0.289 e. The second kappa shape index (κ2) is 7.43. The minimum absolute atomic E-state index is 0.339. The summed E-state index contributed by atoms with van der Waals surface area (Å²) in [5.74, 6) is -0.361. The Bertz CT molecular complexity index is 1130. The molecule has 27 heavy (non-hydrogen) atoms. The molecule has 132 valence electrons. The van der Waals surface area contributed by atoms with Crippen molar-refractivity contribution in [2.75, 3.05) is 0 Å². The number of aromatic nitrogens is 2. The van der Waals surface area contributed by atoms with E-state index in [-0.39, 0.29) is 5.91 Å². The third kappa shape index (κ3) is 3.88. The molecule has 6 heteroatoms. The Hall–Kier alpha value is -3.44. The van der Waals surface area contributed by atoms with E-state index in [2.05, 4.69) is 26.8 Å². The SMILES string of the molecule is O=C(NN=Cc1ccc(Cl)cc1)c1cc(-c2ccc3ccccc3c2)n[nH]1. The Kier molecular flexibility index (Phi) is 4.68. The monoisotopic (exact) mass is 374 g/mol. The van der Waals surface area contributed by atoms with Crippen LogP contribution < -0.4 is 5.43 Å². The first-order valence-corrected chi connectivity index (χ1v) is 8.70. The largest absolute Gasteiger partial charge is 0.289 e. The van der Waals surface area contributed by atoms with E-state index in [0.717, 1.165) is 21.9 Å². The number of hydrogen-bond acceptors (Lipinski definition) is 3. The molecule has 0 saturated heterocycles. The van der Waals surface area contributed by atoms with Crippen LogP contribution in [-0.2, 0) is 0 Å². The lowest BCUT2D eigenvalue weighted by Crippen LogP contribution is -2.17. The first-order chi connectivity index (χ1) is 13.2. The van der Waals surface area contributed by atoms with Gasteiger partial charge in [0.1, 0.15) is 5.69 Å². The molecule has 0 bridgehead atoms. The number of H-pyrrole nitrogens is 1. The molecule has 0 radical (unpaired) electrons. The Labute approximate surface area is 160 Å². The van der Waals surface area contributed by atoms with Gasteiger partial charge in [-0.05, 0) is 40.6 Å². The van der Waals surface area contributed by atoms with E-state index < -0.39 is 0 Å². The molecule has 0 fully saturated rings. The van der Waals surface area contributed by atoms with E-state index in [9.17, 15) is 4.79 Å². The highest BCUT2D eigenvalue weighted by molar-refractivity contribution is 6.30. The number of carbonyl (C=O) groups excluding carboxylic acids is 1. The van der Waals surface area contributed by atoms with Crippen LogP contribution in [0.15, 0.2) is 77.9 Å². The summed E-state index contributed by atoms with van der Waals surface area (Å²) in [5.41, 5.74) is 5.30. The minimum atomic E-state index is -0.361. The summed E-state index contributed by atoms with van der Waals surface area (Å²) in [6.07, 6.45) is 1.55. The first-order valence-electron chi connectivity index (χ1n) is 8.32. The lowest BCUT2D eigenvalue weighted by molar-refractivity contribution is 0.0950.